The lowest BCUT2D eigenvalue weighted by Crippen LogP contribution is -2.48. The summed E-state index contributed by atoms with van der Waals surface area (Å²) in [6, 6.07) is 15.0. The van der Waals surface area contributed by atoms with Crippen molar-refractivity contribution in [2.75, 3.05) is 19.6 Å². The lowest BCUT2D eigenvalue weighted by atomic mass is 9.98. The summed E-state index contributed by atoms with van der Waals surface area (Å²) < 4.78 is 33.7. The maximum Gasteiger partial charge on any atom is 0.253 e. The highest BCUT2D eigenvalue weighted by Crippen LogP contribution is 2.23. The number of carbonyl (C=O) groups is 2. The van der Waals surface area contributed by atoms with E-state index >= 15 is 0 Å². The van der Waals surface area contributed by atoms with Crippen molar-refractivity contribution in [1.29, 1.82) is 0 Å². The number of carbonyl (C=O) groups excluding carboxylic acids is 2. The zero-order valence-electron chi connectivity index (χ0n) is 27.4. The lowest BCUT2D eigenvalue weighted by molar-refractivity contribution is 0.0755. The average Bonchev–Trinajstić information content (AvgIpc) is 3.59. The number of aromatic nitrogens is 1. The summed E-state index contributed by atoms with van der Waals surface area (Å²) in [6.07, 6.45) is 3.25. The summed E-state index contributed by atoms with van der Waals surface area (Å²) in [6.45, 7) is 9.91. The number of amides is 2. The van der Waals surface area contributed by atoms with Crippen LogP contribution in [0.2, 0.25) is 0 Å². The predicted octanol–water partition coefficient (Wildman–Crippen LogP) is 6.50. The van der Waals surface area contributed by atoms with Gasteiger partial charge in [0.05, 0.1) is 18.3 Å². The fraction of sp³-hybridized carbons (Fsp3) is 0.378. The van der Waals surface area contributed by atoms with Gasteiger partial charge in [-0.3, -0.25) is 9.59 Å². The van der Waals surface area contributed by atoms with Gasteiger partial charge in [-0.25, -0.2) is 13.8 Å². The summed E-state index contributed by atoms with van der Waals surface area (Å²) >= 11 is 0. The minimum Gasteiger partial charge on any atom is -0.445 e. The van der Waals surface area contributed by atoms with E-state index in [-0.39, 0.29) is 35.9 Å². The zero-order chi connectivity index (χ0) is 33.9. The van der Waals surface area contributed by atoms with Crippen molar-refractivity contribution in [1.82, 2.24) is 20.5 Å². The Kier molecular flexibility index (Phi) is 12.8. The van der Waals surface area contributed by atoms with Crippen LogP contribution in [0.3, 0.4) is 0 Å². The van der Waals surface area contributed by atoms with Crippen molar-refractivity contribution >= 4 is 11.8 Å². The summed E-state index contributed by atoms with van der Waals surface area (Å²) in [5.41, 5.74) is 3.39. The van der Waals surface area contributed by atoms with Crippen LogP contribution in [0.5, 0.6) is 0 Å². The first kappa shape index (κ1) is 35.4. The van der Waals surface area contributed by atoms with E-state index in [4.69, 9.17) is 4.42 Å². The van der Waals surface area contributed by atoms with E-state index in [9.17, 15) is 23.5 Å². The van der Waals surface area contributed by atoms with Crippen LogP contribution in [-0.2, 0) is 13.0 Å². The van der Waals surface area contributed by atoms with E-state index in [1.807, 2.05) is 26.0 Å². The predicted molar refractivity (Wildman–Crippen MR) is 178 cm³/mol. The molecule has 0 saturated heterocycles. The van der Waals surface area contributed by atoms with Crippen molar-refractivity contribution in [3.05, 3.63) is 113 Å². The molecule has 1 heterocycles. The molecule has 1 aromatic heterocycles. The first-order valence-electron chi connectivity index (χ1n) is 16.2. The molecule has 2 amide bonds. The standard InChI is InChI=1S/C37H44F2N4O4/c1-5-11-43(12-6-2)37(46)30-19-28(18-29(20-30)36-41-10-13-47-36)35(45)42-33(17-26-15-31(38)21-32(39)16-26)34(44)23-40-22-25-8-7-9-27(14-25)24(3)4/h7-10,13-16,18-21,24,33-34,40,44H,5-6,11-12,17,22-23H2,1-4H3,(H,42,45). The van der Waals surface area contributed by atoms with Crippen LogP contribution in [-0.4, -0.2) is 58.6 Å². The SMILES string of the molecule is CCCN(CCC)C(=O)c1cc(C(=O)NC(Cc2cc(F)cc(F)c2)C(O)CNCc2cccc(C(C)C)c2)cc(-c2ncco2)c1. The van der Waals surface area contributed by atoms with Gasteiger partial charge in [0.25, 0.3) is 11.8 Å². The van der Waals surface area contributed by atoms with Gasteiger partial charge in [0.15, 0.2) is 0 Å². The third-order valence-electron chi connectivity index (χ3n) is 7.85. The van der Waals surface area contributed by atoms with Gasteiger partial charge in [-0.05, 0) is 72.2 Å². The smallest absolute Gasteiger partial charge is 0.253 e. The minimum absolute atomic E-state index is 0.0436. The number of halogens is 2. The van der Waals surface area contributed by atoms with Gasteiger partial charge < -0.3 is 25.1 Å². The zero-order valence-corrected chi connectivity index (χ0v) is 27.4. The van der Waals surface area contributed by atoms with Crippen molar-refractivity contribution in [3.63, 3.8) is 0 Å². The summed E-state index contributed by atoms with van der Waals surface area (Å²) in [4.78, 5) is 33.3. The van der Waals surface area contributed by atoms with E-state index in [0.717, 1.165) is 24.5 Å². The second kappa shape index (κ2) is 16.9. The number of oxazole rings is 1. The first-order valence-corrected chi connectivity index (χ1v) is 16.2. The van der Waals surface area contributed by atoms with E-state index < -0.39 is 29.7 Å². The summed E-state index contributed by atoms with van der Waals surface area (Å²) in [5.74, 6) is -1.71. The Hall–Kier alpha value is -4.41. The lowest BCUT2D eigenvalue weighted by Gasteiger charge is -2.25. The Balaban J connectivity index is 1.60. The van der Waals surface area contributed by atoms with Gasteiger partial charge in [-0.15, -0.1) is 0 Å². The third-order valence-corrected chi connectivity index (χ3v) is 7.85. The van der Waals surface area contributed by atoms with Gasteiger partial charge in [-0.1, -0.05) is 52.0 Å². The van der Waals surface area contributed by atoms with E-state index in [1.165, 1.54) is 36.2 Å². The fourth-order valence-electron chi connectivity index (χ4n) is 5.50. The van der Waals surface area contributed by atoms with Gasteiger partial charge in [0.1, 0.15) is 17.9 Å². The molecule has 0 aliphatic heterocycles. The molecule has 0 saturated carbocycles. The highest BCUT2D eigenvalue weighted by atomic mass is 19.1. The number of aliphatic hydroxyl groups is 1. The molecule has 3 N–H and O–H groups in total. The molecule has 0 radical (unpaired) electrons. The molecule has 47 heavy (non-hydrogen) atoms. The highest BCUT2D eigenvalue weighted by molar-refractivity contribution is 6.01. The molecule has 3 aromatic carbocycles. The average molecular weight is 647 g/mol. The highest BCUT2D eigenvalue weighted by Gasteiger charge is 2.25. The Bertz CT molecular complexity index is 1600. The molecule has 0 spiro atoms. The maximum atomic E-state index is 14.1. The molecule has 250 valence electrons. The molecule has 0 aliphatic rings. The van der Waals surface area contributed by atoms with Gasteiger partial charge in [0.2, 0.25) is 5.89 Å². The van der Waals surface area contributed by atoms with E-state index in [0.29, 0.717) is 36.7 Å². The molecular formula is C37H44F2N4O4. The largest absolute Gasteiger partial charge is 0.445 e. The van der Waals surface area contributed by atoms with Crippen LogP contribution in [0.25, 0.3) is 11.5 Å². The molecule has 0 bridgehead atoms. The summed E-state index contributed by atoms with van der Waals surface area (Å²) in [7, 11) is 0. The third kappa shape index (κ3) is 10.0. The molecule has 2 atom stereocenters. The van der Waals surface area contributed by atoms with Crippen molar-refractivity contribution in [2.24, 2.45) is 0 Å². The Morgan fingerprint density at radius 2 is 1.64 bits per heavy atom. The van der Waals surface area contributed by atoms with Crippen LogP contribution >= 0.6 is 0 Å². The second-order valence-electron chi connectivity index (χ2n) is 12.1. The molecular weight excluding hydrogens is 602 g/mol. The van der Waals surface area contributed by atoms with Crippen molar-refractivity contribution in [2.45, 2.75) is 71.6 Å². The van der Waals surface area contributed by atoms with Gasteiger partial charge in [0, 0.05) is 48.9 Å². The molecule has 8 nitrogen and oxygen atoms in total. The molecule has 2 unspecified atom stereocenters. The van der Waals surface area contributed by atoms with Gasteiger partial charge in [-0.2, -0.15) is 0 Å². The molecule has 0 aliphatic carbocycles. The number of nitrogens with zero attached hydrogens (tertiary/aromatic N) is 2. The number of hydrogen-bond acceptors (Lipinski definition) is 6. The van der Waals surface area contributed by atoms with Crippen LogP contribution in [0.4, 0.5) is 8.78 Å². The van der Waals surface area contributed by atoms with E-state index in [1.54, 1.807) is 17.0 Å². The second-order valence-corrected chi connectivity index (χ2v) is 12.1. The number of nitrogens with one attached hydrogen (secondary N) is 2. The topological polar surface area (TPSA) is 108 Å². The van der Waals surface area contributed by atoms with Crippen LogP contribution < -0.4 is 10.6 Å². The molecule has 0 fully saturated rings. The molecule has 4 aromatic rings. The fourth-order valence-corrected chi connectivity index (χ4v) is 5.50. The van der Waals surface area contributed by atoms with Crippen LogP contribution in [0, 0.1) is 11.6 Å². The minimum atomic E-state index is -1.13. The number of aliphatic hydroxyl groups excluding tert-OH is 1. The Morgan fingerprint density at radius 1 is 0.936 bits per heavy atom. The molecule has 10 heteroatoms. The monoisotopic (exact) mass is 646 g/mol. The number of rotatable bonds is 16. The summed E-state index contributed by atoms with van der Waals surface area (Å²) in [5, 5.41) is 17.4. The number of hydrogen-bond donors (Lipinski definition) is 3. The van der Waals surface area contributed by atoms with Crippen LogP contribution in [0.1, 0.15) is 83.9 Å². The van der Waals surface area contributed by atoms with Gasteiger partial charge >= 0.3 is 0 Å². The van der Waals surface area contributed by atoms with E-state index in [2.05, 4.69) is 41.6 Å². The maximum absolute atomic E-state index is 14.1. The Labute approximate surface area is 275 Å². The normalized spacial score (nSPS) is 12.6. The van der Waals surface area contributed by atoms with Crippen molar-refractivity contribution in [3.8, 4) is 11.5 Å². The quantitative estimate of drug-likeness (QED) is 0.128. The van der Waals surface area contributed by atoms with Crippen molar-refractivity contribution < 1.29 is 27.9 Å². The first-order chi connectivity index (χ1) is 22.6. The number of benzene rings is 3. The Morgan fingerprint density at radius 3 is 2.28 bits per heavy atom. The van der Waals surface area contributed by atoms with Crippen LogP contribution in [0.15, 0.2) is 77.5 Å². The molecule has 4 rings (SSSR count).